The summed E-state index contributed by atoms with van der Waals surface area (Å²) in [7, 11) is 0. The third-order valence-corrected chi connectivity index (χ3v) is 4.34. The molecule has 0 aromatic carbocycles. The second-order valence-corrected chi connectivity index (χ2v) is 5.89. The zero-order valence-electron chi connectivity index (χ0n) is 11.0. The molecule has 2 fully saturated rings. The Balaban J connectivity index is 2.03. The zero-order valence-corrected chi connectivity index (χ0v) is 11.0. The molecule has 98 valence electrons. The first-order chi connectivity index (χ1) is 8.03. The molecule has 1 heterocycles. The van der Waals surface area contributed by atoms with Crippen LogP contribution < -0.4 is 11.1 Å². The van der Waals surface area contributed by atoms with Crippen molar-refractivity contribution < 1.29 is 4.79 Å². The Bertz CT molecular complexity index is 286. The number of likely N-dealkylation sites (tertiary alicyclic amines) is 1. The molecule has 2 aliphatic rings. The molecule has 4 heteroatoms. The molecule has 0 aromatic heterocycles. The van der Waals surface area contributed by atoms with Gasteiger partial charge in [-0.05, 0) is 33.1 Å². The molecule has 1 saturated carbocycles. The predicted octanol–water partition coefficient (Wildman–Crippen LogP) is 0.857. The second kappa shape index (κ2) is 4.94. The highest BCUT2D eigenvalue weighted by Crippen LogP contribution is 2.27. The van der Waals surface area contributed by atoms with Crippen molar-refractivity contribution in [3.05, 3.63) is 0 Å². The maximum atomic E-state index is 11.8. The quantitative estimate of drug-likeness (QED) is 0.765. The lowest BCUT2D eigenvalue weighted by molar-refractivity contribution is -0.124. The molecule has 0 aromatic rings. The number of nitrogens with one attached hydrogen (secondary N) is 1. The van der Waals surface area contributed by atoms with Crippen LogP contribution in [0, 0.1) is 0 Å². The van der Waals surface area contributed by atoms with Crippen LogP contribution in [0.3, 0.4) is 0 Å². The highest BCUT2D eigenvalue weighted by Gasteiger charge is 2.45. The van der Waals surface area contributed by atoms with Gasteiger partial charge in [0, 0.05) is 25.2 Å². The second-order valence-electron chi connectivity index (χ2n) is 5.89. The van der Waals surface area contributed by atoms with E-state index in [1.54, 1.807) is 0 Å². The molecule has 1 saturated heterocycles. The summed E-state index contributed by atoms with van der Waals surface area (Å²) in [5, 5.41) is 3.56. The first-order valence-corrected chi connectivity index (χ1v) is 6.85. The van der Waals surface area contributed by atoms with Gasteiger partial charge in [-0.2, -0.15) is 0 Å². The Morgan fingerprint density at radius 2 is 2.06 bits per heavy atom. The van der Waals surface area contributed by atoms with Crippen molar-refractivity contribution in [3.8, 4) is 0 Å². The number of carbonyl (C=O) groups is 1. The van der Waals surface area contributed by atoms with Gasteiger partial charge in [-0.1, -0.05) is 12.8 Å². The third-order valence-electron chi connectivity index (χ3n) is 4.34. The molecule has 1 amide bonds. The van der Waals surface area contributed by atoms with Crippen LogP contribution in [0.2, 0.25) is 0 Å². The van der Waals surface area contributed by atoms with Crippen molar-refractivity contribution in [2.24, 2.45) is 5.73 Å². The van der Waals surface area contributed by atoms with E-state index >= 15 is 0 Å². The zero-order chi connectivity index (χ0) is 12.5. The molecule has 0 radical (unpaired) electrons. The van der Waals surface area contributed by atoms with E-state index in [9.17, 15) is 4.79 Å². The number of rotatable bonds is 4. The average molecular weight is 239 g/mol. The van der Waals surface area contributed by atoms with Gasteiger partial charge in [0.15, 0.2) is 0 Å². The van der Waals surface area contributed by atoms with Crippen LogP contribution in [0.15, 0.2) is 0 Å². The van der Waals surface area contributed by atoms with Crippen LogP contribution in [0.4, 0.5) is 0 Å². The summed E-state index contributed by atoms with van der Waals surface area (Å²) in [6, 6.07) is 0.983. The summed E-state index contributed by atoms with van der Waals surface area (Å²) in [6.45, 7) is 6.09. The molecule has 3 N–H and O–H groups in total. The standard InChI is InChI=1S/C13H25N3O/c1-10(2)16-8-7-13(9-16,12(14)17)15-11-5-3-4-6-11/h10-11,15H,3-9H2,1-2H3,(H2,14,17). The first-order valence-electron chi connectivity index (χ1n) is 6.85. The molecule has 1 aliphatic heterocycles. The van der Waals surface area contributed by atoms with E-state index in [0.717, 1.165) is 19.5 Å². The monoisotopic (exact) mass is 239 g/mol. The number of carbonyl (C=O) groups excluding carboxylic acids is 1. The molecule has 0 spiro atoms. The lowest BCUT2D eigenvalue weighted by Gasteiger charge is -2.31. The molecular formula is C13H25N3O. The Kier molecular flexibility index (Phi) is 3.73. The fourth-order valence-corrected chi connectivity index (χ4v) is 3.13. The smallest absolute Gasteiger partial charge is 0.239 e. The summed E-state index contributed by atoms with van der Waals surface area (Å²) in [4.78, 5) is 14.2. The summed E-state index contributed by atoms with van der Waals surface area (Å²) in [5.74, 6) is -0.174. The van der Waals surface area contributed by atoms with Crippen molar-refractivity contribution >= 4 is 5.91 Å². The van der Waals surface area contributed by atoms with Gasteiger partial charge >= 0.3 is 0 Å². The van der Waals surface area contributed by atoms with E-state index in [4.69, 9.17) is 5.73 Å². The van der Waals surface area contributed by atoms with Crippen LogP contribution in [0.1, 0.15) is 46.0 Å². The van der Waals surface area contributed by atoms with Crippen molar-refractivity contribution in [3.63, 3.8) is 0 Å². The van der Waals surface area contributed by atoms with Gasteiger partial charge in [0.25, 0.3) is 0 Å². The number of hydrogen-bond donors (Lipinski definition) is 2. The minimum Gasteiger partial charge on any atom is -0.368 e. The maximum absolute atomic E-state index is 11.8. The van der Waals surface area contributed by atoms with Crippen LogP contribution in [-0.2, 0) is 4.79 Å². The van der Waals surface area contributed by atoms with E-state index < -0.39 is 5.54 Å². The lowest BCUT2D eigenvalue weighted by Crippen LogP contribution is -2.60. The minimum absolute atomic E-state index is 0.174. The van der Waals surface area contributed by atoms with Crippen molar-refractivity contribution in [1.82, 2.24) is 10.2 Å². The van der Waals surface area contributed by atoms with Crippen LogP contribution in [-0.4, -0.2) is 41.5 Å². The molecular weight excluding hydrogens is 214 g/mol. The van der Waals surface area contributed by atoms with Gasteiger partial charge < -0.3 is 5.73 Å². The van der Waals surface area contributed by atoms with Crippen molar-refractivity contribution in [1.29, 1.82) is 0 Å². The van der Waals surface area contributed by atoms with Gasteiger partial charge in [0.05, 0.1) is 0 Å². The summed E-state index contributed by atoms with van der Waals surface area (Å²) < 4.78 is 0. The molecule has 2 rings (SSSR count). The fraction of sp³-hybridized carbons (Fsp3) is 0.923. The van der Waals surface area contributed by atoms with E-state index in [0.29, 0.717) is 12.1 Å². The van der Waals surface area contributed by atoms with Crippen LogP contribution in [0.5, 0.6) is 0 Å². The topological polar surface area (TPSA) is 58.4 Å². The van der Waals surface area contributed by atoms with Gasteiger partial charge in [-0.25, -0.2) is 0 Å². The van der Waals surface area contributed by atoms with Gasteiger partial charge in [-0.3, -0.25) is 15.0 Å². The predicted molar refractivity (Wildman–Crippen MR) is 68.6 cm³/mol. The molecule has 1 atom stereocenters. The van der Waals surface area contributed by atoms with Gasteiger partial charge in [0.2, 0.25) is 5.91 Å². The highest BCUT2D eigenvalue weighted by atomic mass is 16.1. The molecule has 0 bridgehead atoms. The number of nitrogens with zero attached hydrogens (tertiary/aromatic N) is 1. The molecule has 1 aliphatic carbocycles. The van der Waals surface area contributed by atoms with E-state index in [1.807, 2.05) is 0 Å². The number of amides is 1. The average Bonchev–Trinajstić information content (AvgIpc) is 2.88. The third kappa shape index (κ3) is 2.63. The molecule has 17 heavy (non-hydrogen) atoms. The largest absolute Gasteiger partial charge is 0.368 e. The van der Waals surface area contributed by atoms with Crippen LogP contribution >= 0.6 is 0 Å². The van der Waals surface area contributed by atoms with Crippen molar-refractivity contribution in [2.75, 3.05) is 13.1 Å². The molecule has 1 unspecified atom stereocenters. The fourth-order valence-electron chi connectivity index (χ4n) is 3.13. The Labute approximate surface area is 104 Å². The number of primary amides is 1. The van der Waals surface area contributed by atoms with E-state index in [2.05, 4.69) is 24.1 Å². The highest BCUT2D eigenvalue weighted by molar-refractivity contribution is 5.85. The Morgan fingerprint density at radius 3 is 2.53 bits per heavy atom. The van der Waals surface area contributed by atoms with E-state index in [1.165, 1.54) is 25.7 Å². The van der Waals surface area contributed by atoms with E-state index in [-0.39, 0.29) is 5.91 Å². The van der Waals surface area contributed by atoms with Crippen LogP contribution in [0.25, 0.3) is 0 Å². The summed E-state index contributed by atoms with van der Waals surface area (Å²) in [6.07, 6.45) is 5.80. The van der Waals surface area contributed by atoms with Gasteiger partial charge in [-0.15, -0.1) is 0 Å². The first kappa shape index (κ1) is 12.8. The summed E-state index contributed by atoms with van der Waals surface area (Å²) >= 11 is 0. The maximum Gasteiger partial charge on any atom is 0.239 e. The minimum atomic E-state index is -0.473. The lowest BCUT2D eigenvalue weighted by atomic mass is 9.96. The molecule has 4 nitrogen and oxygen atoms in total. The van der Waals surface area contributed by atoms with Gasteiger partial charge in [0.1, 0.15) is 5.54 Å². The summed E-state index contributed by atoms with van der Waals surface area (Å²) in [5.41, 5.74) is 5.17. The van der Waals surface area contributed by atoms with Crippen molar-refractivity contribution in [2.45, 2.75) is 63.6 Å². The number of nitrogens with two attached hydrogens (primary N) is 1. The Morgan fingerprint density at radius 1 is 1.41 bits per heavy atom. The number of hydrogen-bond acceptors (Lipinski definition) is 3. The normalized spacial score (nSPS) is 31.5. The SMILES string of the molecule is CC(C)N1CCC(NC2CCCC2)(C(N)=O)C1. The Hall–Kier alpha value is -0.610.